The summed E-state index contributed by atoms with van der Waals surface area (Å²) in [6, 6.07) is 6.85. The Labute approximate surface area is 67.1 Å². The zero-order valence-electron chi connectivity index (χ0n) is 6.68. The molecule has 0 saturated heterocycles. The minimum Gasteiger partial charge on any atom is -0.207 e. The summed E-state index contributed by atoms with van der Waals surface area (Å²) in [5, 5.41) is 0. The van der Waals surface area contributed by atoms with Gasteiger partial charge in [-0.2, -0.15) is 0 Å². The fraction of sp³-hybridized carbons (Fsp3) is 0.300. The van der Waals surface area contributed by atoms with Gasteiger partial charge in [0.15, 0.2) is 0 Å². The second kappa shape index (κ2) is 3.51. The number of halogens is 1. The van der Waals surface area contributed by atoms with Crippen molar-refractivity contribution in [2.75, 3.05) is 0 Å². The molecule has 0 aromatic heterocycles. The van der Waals surface area contributed by atoms with Crippen molar-refractivity contribution >= 4 is 0 Å². The van der Waals surface area contributed by atoms with Crippen molar-refractivity contribution in [3.63, 3.8) is 0 Å². The maximum absolute atomic E-state index is 13.0. The quantitative estimate of drug-likeness (QED) is 0.609. The predicted octanol–water partition coefficient (Wildman–Crippen LogP) is 3.15. The van der Waals surface area contributed by atoms with Crippen LogP contribution in [0.5, 0.6) is 0 Å². The molecule has 0 aliphatic rings. The monoisotopic (exact) mass is 151 g/mol. The molecule has 1 aromatic rings. The van der Waals surface area contributed by atoms with Crippen molar-refractivity contribution in [3.05, 3.63) is 42.6 Å². The van der Waals surface area contributed by atoms with Crippen LogP contribution >= 0.6 is 0 Å². The summed E-state index contributed by atoms with van der Waals surface area (Å²) in [5.74, 6) is 0.0971. The third-order valence-electron chi connectivity index (χ3n) is 1.87. The van der Waals surface area contributed by atoms with Gasteiger partial charge in [-0.3, -0.25) is 0 Å². The molecule has 0 heterocycles. The molecule has 0 nitrogen and oxygen atoms in total. The summed E-state index contributed by atoms with van der Waals surface area (Å²) in [6.45, 7) is 5.71. The SMILES string of the molecule is [CH2]CC(C)c1ccccc1F. The second-order valence-electron chi connectivity index (χ2n) is 2.71. The molecular weight excluding hydrogens is 139 g/mol. The Morgan fingerprint density at radius 3 is 2.64 bits per heavy atom. The first-order valence-corrected chi connectivity index (χ1v) is 3.79. The van der Waals surface area contributed by atoms with Gasteiger partial charge in [-0.15, -0.1) is 0 Å². The van der Waals surface area contributed by atoms with Gasteiger partial charge in [-0.25, -0.2) is 4.39 Å². The standard InChI is InChI=1S/C10H12F/c1-3-8(2)9-6-4-5-7-10(9)11/h4-8H,1,3H2,2H3. The van der Waals surface area contributed by atoms with Crippen molar-refractivity contribution in [1.82, 2.24) is 0 Å². The van der Waals surface area contributed by atoms with E-state index >= 15 is 0 Å². The van der Waals surface area contributed by atoms with Gasteiger partial charge in [0.25, 0.3) is 0 Å². The summed E-state index contributed by atoms with van der Waals surface area (Å²) in [4.78, 5) is 0. The summed E-state index contributed by atoms with van der Waals surface area (Å²) in [6.07, 6.45) is 0.737. The molecule has 0 spiro atoms. The fourth-order valence-electron chi connectivity index (χ4n) is 1.03. The van der Waals surface area contributed by atoms with Gasteiger partial charge in [0.1, 0.15) is 5.82 Å². The van der Waals surface area contributed by atoms with Crippen LogP contribution in [-0.2, 0) is 0 Å². The van der Waals surface area contributed by atoms with E-state index in [1.54, 1.807) is 6.07 Å². The van der Waals surface area contributed by atoms with E-state index in [4.69, 9.17) is 0 Å². The van der Waals surface area contributed by atoms with Gasteiger partial charge in [-0.1, -0.05) is 32.0 Å². The average molecular weight is 151 g/mol. The molecule has 0 aliphatic heterocycles. The fourth-order valence-corrected chi connectivity index (χ4v) is 1.03. The van der Waals surface area contributed by atoms with Gasteiger partial charge in [0, 0.05) is 0 Å². The van der Waals surface area contributed by atoms with Crippen molar-refractivity contribution in [2.45, 2.75) is 19.3 Å². The van der Waals surface area contributed by atoms with Crippen LogP contribution in [-0.4, -0.2) is 0 Å². The third kappa shape index (κ3) is 1.79. The van der Waals surface area contributed by atoms with E-state index in [1.807, 2.05) is 19.1 Å². The van der Waals surface area contributed by atoms with Gasteiger partial charge < -0.3 is 0 Å². The molecule has 0 bridgehead atoms. The highest BCUT2D eigenvalue weighted by molar-refractivity contribution is 5.20. The first-order chi connectivity index (χ1) is 5.25. The van der Waals surface area contributed by atoms with Crippen LogP contribution in [0, 0.1) is 12.7 Å². The Morgan fingerprint density at radius 2 is 2.09 bits per heavy atom. The Balaban J connectivity index is 2.93. The average Bonchev–Trinajstić information content (AvgIpc) is 2.04. The summed E-state index contributed by atoms with van der Waals surface area (Å²) >= 11 is 0. The molecule has 1 heteroatoms. The highest BCUT2D eigenvalue weighted by atomic mass is 19.1. The molecular formula is C10H12F. The molecule has 1 rings (SSSR count). The molecule has 0 fully saturated rings. The van der Waals surface area contributed by atoms with Gasteiger partial charge in [0.05, 0.1) is 0 Å². The lowest BCUT2D eigenvalue weighted by Crippen LogP contribution is -1.94. The van der Waals surface area contributed by atoms with Crippen LogP contribution in [0.4, 0.5) is 4.39 Å². The molecule has 1 atom stereocenters. The zero-order chi connectivity index (χ0) is 8.27. The van der Waals surface area contributed by atoms with Crippen LogP contribution in [0.25, 0.3) is 0 Å². The Bertz CT molecular complexity index is 230. The molecule has 0 saturated carbocycles. The Kier molecular flexibility index (Phi) is 2.64. The first-order valence-electron chi connectivity index (χ1n) is 3.79. The summed E-state index contributed by atoms with van der Waals surface area (Å²) < 4.78 is 13.0. The van der Waals surface area contributed by atoms with Crippen LogP contribution in [0.15, 0.2) is 24.3 Å². The lowest BCUT2D eigenvalue weighted by Gasteiger charge is -2.08. The van der Waals surface area contributed by atoms with E-state index in [9.17, 15) is 4.39 Å². The van der Waals surface area contributed by atoms with Crippen molar-refractivity contribution < 1.29 is 4.39 Å². The van der Waals surface area contributed by atoms with E-state index in [0.717, 1.165) is 12.0 Å². The van der Waals surface area contributed by atoms with E-state index in [0.29, 0.717) is 0 Å². The van der Waals surface area contributed by atoms with E-state index in [-0.39, 0.29) is 11.7 Å². The second-order valence-corrected chi connectivity index (χ2v) is 2.71. The first kappa shape index (κ1) is 8.25. The molecule has 0 amide bonds. The van der Waals surface area contributed by atoms with Gasteiger partial charge in [0.2, 0.25) is 0 Å². The molecule has 0 N–H and O–H groups in total. The van der Waals surface area contributed by atoms with Crippen molar-refractivity contribution in [1.29, 1.82) is 0 Å². The maximum atomic E-state index is 13.0. The van der Waals surface area contributed by atoms with Crippen LogP contribution in [0.2, 0.25) is 0 Å². The lowest BCUT2D eigenvalue weighted by atomic mass is 9.98. The number of rotatable bonds is 2. The molecule has 0 aliphatic carbocycles. The molecule has 1 aromatic carbocycles. The molecule has 1 unspecified atom stereocenters. The largest absolute Gasteiger partial charge is 0.207 e. The minimum atomic E-state index is -0.122. The van der Waals surface area contributed by atoms with Crippen LogP contribution < -0.4 is 0 Å². The van der Waals surface area contributed by atoms with E-state index in [2.05, 4.69) is 6.92 Å². The topological polar surface area (TPSA) is 0 Å². The molecule has 1 radical (unpaired) electrons. The molecule has 11 heavy (non-hydrogen) atoms. The third-order valence-corrected chi connectivity index (χ3v) is 1.87. The minimum absolute atomic E-state index is 0.122. The van der Waals surface area contributed by atoms with E-state index < -0.39 is 0 Å². The Hall–Kier alpha value is -0.850. The van der Waals surface area contributed by atoms with Crippen molar-refractivity contribution in [2.24, 2.45) is 0 Å². The van der Waals surface area contributed by atoms with Crippen LogP contribution in [0.3, 0.4) is 0 Å². The predicted molar refractivity (Wildman–Crippen MR) is 44.8 cm³/mol. The normalized spacial score (nSPS) is 13.0. The highest BCUT2D eigenvalue weighted by Gasteiger charge is 2.06. The van der Waals surface area contributed by atoms with Gasteiger partial charge >= 0.3 is 0 Å². The number of hydrogen-bond acceptors (Lipinski definition) is 0. The van der Waals surface area contributed by atoms with E-state index in [1.165, 1.54) is 6.07 Å². The summed E-state index contributed by atoms with van der Waals surface area (Å²) in [5.41, 5.74) is 0.766. The van der Waals surface area contributed by atoms with Crippen LogP contribution in [0.1, 0.15) is 24.8 Å². The smallest absolute Gasteiger partial charge is 0.126 e. The highest BCUT2D eigenvalue weighted by Crippen LogP contribution is 2.20. The molecule has 59 valence electrons. The number of hydrogen-bond donors (Lipinski definition) is 0. The maximum Gasteiger partial charge on any atom is 0.126 e. The van der Waals surface area contributed by atoms with Crippen molar-refractivity contribution in [3.8, 4) is 0 Å². The van der Waals surface area contributed by atoms with Gasteiger partial charge in [-0.05, 0) is 24.0 Å². The lowest BCUT2D eigenvalue weighted by molar-refractivity contribution is 0.590. The number of benzene rings is 1. The summed E-state index contributed by atoms with van der Waals surface area (Å²) in [7, 11) is 0. The zero-order valence-corrected chi connectivity index (χ0v) is 6.68. The Morgan fingerprint density at radius 1 is 1.45 bits per heavy atom.